The van der Waals surface area contributed by atoms with Crippen molar-refractivity contribution in [2.75, 3.05) is 18.0 Å². The highest BCUT2D eigenvalue weighted by atomic mass is 19.1. The summed E-state index contributed by atoms with van der Waals surface area (Å²) in [6, 6.07) is 9.49. The zero-order valence-corrected chi connectivity index (χ0v) is 16.6. The molecule has 1 aromatic carbocycles. The fraction of sp³-hybridized carbons (Fsp3) is 0.348. The summed E-state index contributed by atoms with van der Waals surface area (Å²) in [5.74, 6) is 1.61. The zero-order valence-electron chi connectivity index (χ0n) is 16.6. The van der Waals surface area contributed by atoms with Crippen LogP contribution in [0.15, 0.2) is 49.3 Å². The highest BCUT2D eigenvalue weighted by Crippen LogP contribution is 2.28. The van der Waals surface area contributed by atoms with Crippen LogP contribution in [0.25, 0.3) is 5.57 Å². The van der Waals surface area contributed by atoms with Crippen LogP contribution in [0.1, 0.15) is 43.2 Å². The van der Waals surface area contributed by atoms with E-state index in [4.69, 9.17) is 4.98 Å². The third-order valence-electron chi connectivity index (χ3n) is 5.18. The van der Waals surface area contributed by atoms with Gasteiger partial charge in [-0.3, -0.25) is 0 Å². The lowest BCUT2D eigenvalue weighted by atomic mass is 10.1. The molecule has 2 heterocycles. The predicted molar refractivity (Wildman–Crippen MR) is 111 cm³/mol. The van der Waals surface area contributed by atoms with Crippen molar-refractivity contribution in [2.45, 2.75) is 40.2 Å². The zero-order chi connectivity index (χ0) is 19.6. The molecule has 0 amide bonds. The Morgan fingerprint density at radius 3 is 2.59 bits per heavy atom. The normalized spacial score (nSPS) is 14.1. The van der Waals surface area contributed by atoms with Gasteiger partial charge in [0, 0.05) is 25.2 Å². The lowest BCUT2D eigenvalue weighted by molar-refractivity contribution is 0.383. The molecule has 3 rings (SSSR count). The van der Waals surface area contributed by atoms with Crippen LogP contribution in [0.3, 0.4) is 0 Å². The van der Waals surface area contributed by atoms with Crippen LogP contribution in [-0.2, 0) is 19.4 Å². The number of halogens is 1. The number of hydrogen-bond donors (Lipinski definition) is 0. The quantitative estimate of drug-likeness (QED) is 0.704. The largest absolute Gasteiger partial charge is 0.352 e. The van der Waals surface area contributed by atoms with E-state index in [-0.39, 0.29) is 5.82 Å². The van der Waals surface area contributed by atoms with Crippen molar-refractivity contribution in [3.8, 4) is 0 Å². The van der Waals surface area contributed by atoms with Crippen molar-refractivity contribution in [1.29, 1.82) is 0 Å². The molecule has 0 saturated carbocycles. The third-order valence-corrected chi connectivity index (χ3v) is 5.18. The van der Waals surface area contributed by atoms with Crippen LogP contribution in [-0.4, -0.2) is 23.0 Å². The Labute approximate surface area is 161 Å². The highest BCUT2D eigenvalue weighted by Gasteiger charge is 2.26. The smallest absolute Gasteiger partial charge is 0.134 e. The summed E-state index contributed by atoms with van der Waals surface area (Å²) >= 11 is 0. The Hall–Kier alpha value is -2.62. The second kappa shape index (κ2) is 7.95. The number of benzene rings is 1. The van der Waals surface area contributed by atoms with E-state index in [0.717, 1.165) is 65.5 Å². The fourth-order valence-corrected chi connectivity index (χ4v) is 3.54. The maximum absolute atomic E-state index is 14.2. The summed E-state index contributed by atoms with van der Waals surface area (Å²) in [5, 5.41) is 0. The first-order chi connectivity index (χ1) is 12.9. The van der Waals surface area contributed by atoms with Gasteiger partial charge in [-0.05, 0) is 54.7 Å². The van der Waals surface area contributed by atoms with Crippen molar-refractivity contribution < 1.29 is 4.39 Å². The molecular weight excluding hydrogens is 337 g/mol. The molecule has 1 aliphatic rings. The molecular formula is C23H28FN3. The van der Waals surface area contributed by atoms with Crippen molar-refractivity contribution >= 4 is 11.4 Å². The van der Waals surface area contributed by atoms with Gasteiger partial charge in [0.25, 0.3) is 0 Å². The topological polar surface area (TPSA) is 19.4 Å². The Bertz CT molecular complexity index is 872. The van der Waals surface area contributed by atoms with E-state index in [1.807, 2.05) is 25.1 Å². The van der Waals surface area contributed by atoms with Gasteiger partial charge >= 0.3 is 0 Å². The molecule has 1 aliphatic heterocycles. The molecule has 0 aliphatic carbocycles. The number of anilines is 1. The second-order valence-electron chi connectivity index (χ2n) is 7.07. The standard InChI is InChI=1S/C23H28FN3/c1-6-18-8-10-21(24)19(14-18)15-26-12-13-27(17(26)5)23-11-9-20(16(3)4)22(7-2)25-23/h8-11,14H,3,5-7,12-13,15H2,1-2,4H3. The molecule has 2 aromatic rings. The number of rotatable bonds is 6. The van der Waals surface area contributed by atoms with E-state index in [0.29, 0.717) is 6.54 Å². The Balaban J connectivity index is 1.80. The van der Waals surface area contributed by atoms with Crippen LogP contribution < -0.4 is 4.90 Å². The Morgan fingerprint density at radius 2 is 1.93 bits per heavy atom. The number of hydrogen-bond acceptors (Lipinski definition) is 3. The molecule has 0 unspecified atom stereocenters. The minimum atomic E-state index is -0.157. The number of nitrogens with zero attached hydrogens (tertiary/aromatic N) is 3. The number of pyridine rings is 1. The van der Waals surface area contributed by atoms with Crippen LogP contribution in [0.2, 0.25) is 0 Å². The number of aromatic nitrogens is 1. The average molecular weight is 365 g/mol. The van der Waals surface area contributed by atoms with E-state index in [9.17, 15) is 4.39 Å². The minimum Gasteiger partial charge on any atom is -0.352 e. The first kappa shape index (κ1) is 19.2. The molecule has 27 heavy (non-hydrogen) atoms. The van der Waals surface area contributed by atoms with Crippen LogP contribution >= 0.6 is 0 Å². The van der Waals surface area contributed by atoms with Crippen LogP contribution in [0.5, 0.6) is 0 Å². The van der Waals surface area contributed by atoms with Gasteiger partial charge in [-0.25, -0.2) is 9.37 Å². The molecule has 0 atom stereocenters. The predicted octanol–water partition coefficient (Wildman–Crippen LogP) is 5.17. The summed E-state index contributed by atoms with van der Waals surface area (Å²) < 4.78 is 14.2. The van der Waals surface area contributed by atoms with Crippen molar-refractivity contribution in [3.63, 3.8) is 0 Å². The van der Waals surface area contributed by atoms with Crippen molar-refractivity contribution in [2.24, 2.45) is 0 Å². The van der Waals surface area contributed by atoms with Crippen molar-refractivity contribution in [1.82, 2.24) is 9.88 Å². The molecule has 0 radical (unpaired) electrons. The first-order valence-electron chi connectivity index (χ1n) is 9.59. The van der Waals surface area contributed by atoms with Crippen molar-refractivity contribution in [3.05, 3.63) is 77.5 Å². The summed E-state index contributed by atoms with van der Waals surface area (Å²) in [6.45, 7) is 16.6. The maximum atomic E-state index is 14.2. The molecule has 1 fully saturated rings. The molecule has 142 valence electrons. The van der Waals surface area contributed by atoms with Gasteiger partial charge in [0.2, 0.25) is 0 Å². The van der Waals surface area contributed by atoms with Crippen LogP contribution in [0, 0.1) is 5.82 Å². The monoisotopic (exact) mass is 365 g/mol. The average Bonchev–Trinajstić information content (AvgIpc) is 3.03. The molecule has 1 aromatic heterocycles. The molecule has 4 heteroatoms. The van der Waals surface area contributed by atoms with Gasteiger partial charge in [0.1, 0.15) is 17.5 Å². The maximum Gasteiger partial charge on any atom is 0.134 e. The third kappa shape index (κ3) is 3.90. The number of allylic oxidation sites excluding steroid dienone is 1. The lowest BCUT2D eigenvalue weighted by Gasteiger charge is -2.24. The van der Waals surface area contributed by atoms with E-state index in [1.54, 1.807) is 6.07 Å². The van der Waals surface area contributed by atoms with E-state index in [2.05, 4.69) is 42.9 Å². The van der Waals surface area contributed by atoms with E-state index < -0.39 is 0 Å². The number of aryl methyl sites for hydroxylation is 2. The van der Waals surface area contributed by atoms with Gasteiger partial charge in [0.15, 0.2) is 0 Å². The van der Waals surface area contributed by atoms with Gasteiger partial charge in [0.05, 0.1) is 5.69 Å². The first-order valence-corrected chi connectivity index (χ1v) is 9.59. The highest BCUT2D eigenvalue weighted by molar-refractivity contribution is 5.65. The summed E-state index contributed by atoms with van der Waals surface area (Å²) in [7, 11) is 0. The minimum absolute atomic E-state index is 0.157. The lowest BCUT2D eigenvalue weighted by Crippen LogP contribution is -2.23. The Kier molecular flexibility index (Phi) is 5.64. The van der Waals surface area contributed by atoms with Crippen LogP contribution in [0.4, 0.5) is 10.2 Å². The Morgan fingerprint density at radius 1 is 1.15 bits per heavy atom. The van der Waals surface area contributed by atoms with E-state index in [1.165, 1.54) is 0 Å². The van der Waals surface area contributed by atoms with Gasteiger partial charge in [-0.15, -0.1) is 0 Å². The van der Waals surface area contributed by atoms with Gasteiger partial charge in [-0.2, -0.15) is 0 Å². The molecule has 0 bridgehead atoms. The second-order valence-corrected chi connectivity index (χ2v) is 7.07. The van der Waals surface area contributed by atoms with E-state index >= 15 is 0 Å². The molecule has 3 nitrogen and oxygen atoms in total. The van der Waals surface area contributed by atoms with Gasteiger partial charge < -0.3 is 9.80 Å². The van der Waals surface area contributed by atoms with Gasteiger partial charge in [-0.1, -0.05) is 39.1 Å². The summed E-state index contributed by atoms with van der Waals surface area (Å²) in [5.41, 5.74) is 5.06. The summed E-state index contributed by atoms with van der Waals surface area (Å²) in [6.07, 6.45) is 1.76. The SMILES string of the molecule is C=C(C)c1ccc(N2CCN(Cc3cc(CC)ccc3F)C2=C)nc1CC. The molecule has 0 spiro atoms. The molecule has 0 N–H and O–H groups in total. The fourth-order valence-electron chi connectivity index (χ4n) is 3.54. The molecule has 1 saturated heterocycles. The summed E-state index contributed by atoms with van der Waals surface area (Å²) in [4.78, 5) is 9.07.